The van der Waals surface area contributed by atoms with Crippen molar-refractivity contribution in [2.75, 3.05) is 18.9 Å². The number of thioether (sulfide) groups is 1. The molecule has 27 heavy (non-hydrogen) atoms. The van der Waals surface area contributed by atoms with E-state index in [2.05, 4.69) is 47.2 Å². The van der Waals surface area contributed by atoms with Crippen molar-refractivity contribution in [1.82, 2.24) is 5.32 Å². The molecule has 1 amide bonds. The second kappa shape index (κ2) is 9.26. The number of carbonyl (C=O) groups is 1. The van der Waals surface area contributed by atoms with Crippen LogP contribution in [0.4, 0.5) is 0 Å². The Morgan fingerprint density at radius 2 is 1.96 bits per heavy atom. The molecular formula is C22H26BrNO2S. The normalized spacial score (nSPS) is 17.1. The molecule has 1 fully saturated rings. The smallest absolute Gasteiger partial charge is 0.252 e. The molecule has 5 heteroatoms. The molecule has 0 aliphatic carbocycles. The third kappa shape index (κ3) is 5.59. The highest BCUT2D eigenvalue weighted by molar-refractivity contribution is 9.10. The van der Waals surface area contributed by atoms with Crippen molar-refractivity contribution >= 4 is 33.6 Å². The summed E-state index contributed by atoms with van der Waals surface area (Å²) in [5.74, 6) is 0.880. The first-order valence-electron chi connectivity index (χ1n) is 9.33. The molecule has 3 nitrogen and oxygen atoms in total. The monoisotopic (exact) mass is 447 g/mol. The summed E-state index contributed by atoms with van der Waals surface area (Å²) in [7, 11) is 0. The van der Waals surface area contributed by atoms with Gasteiger partial charge < -0.3 is 10.1 Å². The number of rotatable bonds is 7. The van der Waals surface area contributed by atoms with E-state index in [1.165, 1.54) is 5.56 Å². The summed E-state index contributed by atoms with van der Waals surface area (Å²) in [5, 5.41) is 3.13. The third-order valence-electron chi connectivity index (χ3n) is 4.90. The van der Waals surface area contributed by atoms with Crippen LogP contribution in [-0.4, -0.2) is 30.9 Å². The highest BCUT2D eigenvalue weighted by atomic mass is 79.9. The number of benzene rings is 2. The molecule has 1 heterocycles. The highest BCUT2D eigenvalue weighted by Crippen LogP contribution is 2.28. The molecule has 2 aromatic rings. The van der Waals surface area contributed by atoms with Gasteiger partial charge in [0, 0.05) is 33.7 Å². The van der Waals surface area contributed by atoms with Gasteiger partial charge in [0.1, 0.15) is 0 Å². The van der Waals surface area contributed by atoms with Crippen LogP contribution in [0.2, 0.25) is 0 Å². The van der Waals surface area contributed by atoms with Crippen molar-refractivity contribution in [3.63, 3.8) is 0 Å². The Hall–Kier alpha value is -1.30. The van der Waals surface area contributed by atoms with Crippen LogP contribution in [0.1, 0.15) is 42.6 Å². The van der Waals surface area contributed by atoms with Crippen molar-refractivity contribution in [2.24, 2.45) is 0 Å². The second-order valence-corrected chi connectivity index (χ2v) is 9.49. The lowest BCUT2D eigenvalue weighted by atomic mass is 9.84. The highest BCUT2D eigenvalue weighted by Gasteiger charge is 2.23. The van der Waals surface area contributed by atoms with Gasteiger partial charge in [-0.2, -0.15) is 0 Å². The van der Waals surface area contributed by atoms with E-state index in [0.717, 1.165) is 40.1 Å². The summed E-state index contributed by atoms with van der Waals surface area (Å²) in [6, 6.07) is 16.1. The Labute approximate surface area is 174 Å². The molecule has 144 valence electrons. The van der Waals surface area contributed by atoms with Crippen molar-refractivity contribution in [1.29, 1.82) is 0 Å². The van der Waals surface area contributed by atoms with Crippen molar-refractivity contribution in [2.45, 2.75) is 43.1 Å². The summed E-state index contributed by atoms with van der Waals surface area (Å²) < 4.78 is 6.76. The average molecular weight is 448 g/mol. The number of amides is 1. The van der Waals surface area contributed by atoms with Crippen molar-refractivity contribution in [3.05, 3.63) is 64.1 Å². The molecular weight excluding hydrogens is 422 g/mol. The van der Waals surface area contributed by atoms with E-state index in [1.807, 2.05) is 36.4 Å². The first kappa shape index (κ1) is 20.4. The fraction of sp³-hybridized carbons (Fsp3) is 0.409. The van der Waals surface area contributed by atoms with Gasteiger partial charge in [-0.05, 0) is 42.7 Å². The van der Waals surface area contributed by atoms with Crippen LogP contribution < -0.4 is 5.32 Å². The van der Waals surface area contributed by atoms with E-state index in [9.17, 15) is 4.79 Å². The van der Waals surface area contributed by atoms with Gasteiger partial charge in [-0.15, -0.1) is 11.8 Å². The minimum atomic E-state index is -0.143. The number of nitrogens with one attached hydrogen (secondary N) is 1. The average Bonchev–Trinajstić information content (AvgIpc) is 3.19. The zero-order chi connectivity index (χ0) is 19.3. The topological polar surface area (TPSA) is 38.3 Å². The number of carbonyl (C=O) groups excluding carboxylic acids is 1. The minimum absolute atomic E-state index is 0.0179. The molecule has 1 N–H and O–H groups in total. The first-order chi connectivity index (χ1) is 13.0. The van der Waals surface area contributed by atoms with Gasteiger partial charge in [0.15, 0.2) is 0 Å². The van der Waals surface area contributed by atoms with Gasteiger partial charge in [-0.3, -0.25) is 4.79 Å². The van der Waals surface area contributed by atoms with E-state index in [4.69, 9.17) is 4.74 Å². The molecule has 0 radical (unpaired) electrons. The maximum atomic E-state index is 12.8. The Balaban J connectivity index is 1.62. The van der Waals surface area contributed by atoms with E-state index in [0.29, 0.717) is 12.6 Å². The summed E-state index contributed by atoms with van der Waals surface area (Å²) >= 11 is 5.18. The second-order valence-electron chi connectivity index (χ2n) is 7.52. The first-order valence-corrected chi connectivity index (χ1v) is 11.1. The van der Waals surface area contributed by atoms with Crippen molar-refractivity contribution < 1.29 is 9.53 Å². The summed E-state index contributed by atoms with van der Waals surface area (Å²) in [5.41, 5.74) is 1.80. The van der Waals surface area contributed by atoms with Gasteiger partial charge in [0.05, 0.1) is 11.7 Å². The van der Waals surface area contributed by atoms with Crippen LogP contribution >= 0.6 is 27.7 Å². The minimum Gasteiger partial charge on any atom is -0.377 e. The molecule has 0 bridgehead atoms. The molecule has 0 saturated carbocycles. The largest absolute Gasteiger partial charge is 0.377 e. The van der Waals surface area contributed by atoms with Gasteiger partial charge in [-0.1, -0.05) is 54.0 Å². The summed E-state index contributed by atoms with van der Waals surface area (Å²) in [4.78, 5) is 13.9. The zero-order valence-electron chi connectivity index (χ0n) is 15.8. The molecule has 1 aliphatic heterocycles. The number of hydrogen-bond acceptors (Lipinski definition) is 3. The zero-order valence-corrected chi connectivity index (χ0v) is 18.2. The standard InChI is InChI=1S/C22H26BrNO2S/c1-22(2,16-9-11-17(23)12-10-16)15-24-21(25)19-7-3-4-8-20(19)27-14-18-6-5-13-26-18/h3-4,7-12,18H,5-6,13-15H2,1-2H3,(H,24,25). The quantitative estimate of drug-likeness (QED) is 0.575. The predicted octanol–water partition coefficient (Wildman–Crippen LogP) is 5.43. The number of ether oxygens (including phenoxy) is 1. The van der Waals surface area contributed by atoms with Crippen LogP contribution in [0.5, 0.6) is 0 Å². The summed E-state index contributed by atoms with van der Waals surface area (Å²) in [6.45, 7) is 5.74. The lowest BCUT2D eigenvalue weighted by Gasteiger charge is -2.26. The van der Waals surface area contributed by atoms with E-state index in [-0.39, 0.29) is 11.3 Å². The number of hydrogen-bond donors (Lipinski definition) is 1. The molecule has 0 aromatic heterocycles. The van der Waals surface area contributed by atoms with Crippen LogP contribution in [0.25, 0.3) is 0 Å². The number of halogens is 1. The Kier molecular flexibility index (Phi) is 7.01. The molecule has 1 unspecified atom stereocenters. The maximum absolute atomic E-state index is 12.8. The van der Waals surface area contributed by atoms with E-state index < -0.39 is 0 Å². The van der Waals surface area contributed by atoms with Gasteiger partial charge in [0.2, 0.25) is 0 Å². The molecule has 0 spiro atoms. The predicted molar refractivity (Wildman–Crippen MR) is 116 cm³/mol. The van der Waals surface area contributed by atoms with Crippen LogP contribution in [-0.2, 0) is 10.2 Å². The third-order valence-corrected chi connectivity index (χ3v) is 6.63. The van der Waals surface area contributed by atoms with Gasteiger partial charge in [-0.25, -0.2) is 0 Å². The molecule has 1 atom stereocenters. The fourth-order valence-electron chi connectivity index (χ4n) is 3.14. The van der Waals surface area contributed by atoms with E-state index >= 15 is 0 Å². The maximum Gasteiger partial charge on any atom is 0.252 e. The van der Waals surface area contributed by atoms with Crippen LogP contribution in [0.15, 0.2) is 57.9 Å². The van der Waals surface area contributed by atoms with Gasteiger partial charge in [0.25, 0.3) is 5.91 Å². The van der Waals surface area contributed by atoms with E-state index in [1.54, 1.807) is 11.8 Å². The van der Waals surface area contributed by atoms with Crippen LogP contribution in [0.3, 0.4) is 0 Å². The van der Waals surface area contributed by atoms with Gasteiger partial charge >= 0.3 is 0 Å². The van der Waals surface area contributed by atoms with Crippen LogP contribution in [0, 0.1) is 0 Å². The molecule has 1 saturated heterocycles. The molecule has 1 aliphatic rings. The SMILES string of the molecule is CC(C)(CNC(=O)c1ccccc1SCC1CCCO1)c1ccc(Br)cc1. The van der Waals surface area contributed by atoms with Crippen molar-refractivity contribution in [3.8, 4) is 0 Å². The Morgan fingerprint density at radius 3 is 2.67 bits per heavy atom. The fourth-order valence-corrected chi connectivity index (χ4v) is 4.52. The molecule has 3 rings (SSSR count). The lowest BCUT2D eigenvalue weighted by Crippen LogP contribution is -2.36. The molecule has 2 aromatic carbocycles. The Bertz CT molecular complexity index is 770. The Morgan fingerprint density at radius 1 is 1.22 bits per heavy atom. The summed E-state index contributed by atoms with van der Waals surface area (Å²) in [6.07, 6.45) is 2.56. The lowest BCUT2D eigenvalue weighted by molar-refractivity contribution is 0.0942.